The normalized spacial score (nSPS) is 14.6. The van der Waals surface area contributed by atoms with Gasteiger partial charge in [-0.1, -0.05) is 19.3 Å². The minimum atomic E-state index is -0.348. The van der Waals surface area contributed by atoms with Crippen molar-refractivity contribution in [3.8, 4) is 11.8 Å². The van der Waals surface area contributed by atoms with E-state index in [1.165, 1.54) is 36.1 Å². The Morgan fingerprint density at radius 3 is 2.68 bits per heavy atom. The number of carbonyl (C=O) groups excluding carboxylic acids is 1. The van der Waals surface area contributed by atoms with E-state index in [2.05, 4.69) is 16.5 Å². The Balaban J connectivity index is 1.54. The van der Waals surface area contributed by atoms with Gasteiger partial charge in [-0.15, -0.1) is 0 Å². The molecule has 0 atom stereocenters. The fourth-order valence-corrected chi connectivity index (χ4v) is 3.76. The van der Waals surface area contributed by atoms with Crippen LogP contribution >= 0.6 is 0 Å². The van der Waals surface area contributed by atoms with Crippen LogP contribution in [0.25, 0.3) is 5.69 Å². The van der Waals surface area contributed by atoms with Crippen molar-refractivity contribution in [3.05, 3.63) is 41.3 Å². The second-order valence-corrected chi connectivity index (χ2v) is 7.37. The van der Waals surface area contributed by atoms with Gasteiger partial charge in [-0.2, -0.15) is 10.4 Å². The van der Waals surface area contributed by atoms with Crippen LogP contribution in [0.2, 0.25) is 0 Å². The largest absolute Gasteiger partial charge is 0.382 e. The molecule has 0 saturated heterocycles. The van der Waals surface area contributed by atoms with Crippen LogP contribution in [0.5, 0.6) is 0 Å². The van der Waals surface area contributed by atoms with E-state index in [4.69, 9.17) is 5.73 Å². The Morgan fingerprint density at radius 1 is 1.29 bits per heavy atom. The molecule has 3 rings (SSSR count). The zero-order chi connectivity index (χ0) is 19.9. The number of nitrogens with zero attached hydrogens (tertiary/aromatic N) is 3. The van der Waals surface area contributed by atoms with Crippen molar-refractivity contribution in [1.29, 1.82) is 5.26 Å². The molecular formula is C21H26FN5O. The van der Waals surface area contributed by atoms with E-state index in [9.17, 15) is 14.4 Å². The number of nitriles is 1. The summed E-state index contributed by atoms with van der Waals surface area (Å²) >= 11 is 0. The number of hydrogen-bond acceptors (Lipinski definition) is 4. The Morgan fingerprint density at radius 2 is 2.00 bits per heavy atom. The monoisotopic (exact) mass is 383 g/mol. The quantitative estimate of drug-likeness (QED) is 0.715. The molecule has 1 saturated carbocycles. The number of nitrogen functional groups attached to an aromatic ring is 1. The summed E-state index contributed by atoms with van der Waals surface area (Å²) in [5, 5.41) is 16.8. The van der Waals surface area contributed by atoms with Gasteiger partial charge in [0.2, 0.25) is 5.91 Å². The smallest absolute Gasteiger partial charge is 0.220 e. The third-order valence-electron chi connectivity index (χ3n) is 5.29. The molecule has 6 nitrogen and oxygen atoms in total. The molecule has 1 heterocycles. The Bertz CT molecular complexity index is 847. The number of nitrogens with one attached hydrogen (secondary N) is 1. The van der Waals surface area contributed by atoms with Crippen LogP contribution in [0.3, 0.4) is 0 Å². The summed E-state index contributed by atoms with van der Waals surface area (Å²) in [5.74, 6) is 0.513. The lowest BCUT2D eigenvalue weighted by molar-refractivity contribution is -0.122. The number of carbonyl (C=O) groups is 1. The lowest BCUT2D eigenvalue weighted by Crippen LogP contribution is -2.27. The van der Waals surface area contributed by atoms with Gasteiger partial charge >= 0.3 is 0 Å². The molecular weight excluding hydrogens is 357 g/mol. The van der Waals surface area contributed by atoms with Gasteiger partial charge in [0.15, 0.2) is 0 Å². The summed E-state index contributed by atoms with van der Waals surface area (Å²) in [5.41, 5.74) is 7.58. The van der Waals surface area contributed by atoms with Gasteiger partial charge in [0.25, 0.3) is 0 Å². The number of hydrogen-bond donors (Lipinski definition) is 2. The minimum Gasteiger partial charge on any atom is -0.382 e. The molecule has 0 radical (unpaired) electrons. The molecule has 1 aromatic carbocycles. The number of nitrogens with two attached hydrogens (primary N) is 1. The standard InChI is InChI=1S/C21H26FN5O/c22-16-8-10-17(11-9-16)27-21(24)18(14-23)19(26-27)7-4-12-25-20(28)13-15-5-2-1-3-6-15/h8-11,15H,1-7,12-13,24H2,(H,25,28). The third kappa shape index (κ3) is 4.89. The third-order valence-corrected chi connectivity index (χ3v) is 5.29. The van der Waals surface area contributed by atoms with E-state index in [0.29, 0.717) is 48.7 Å². The van der Waals surface area contributed by atoms with E-state index in [-0.39, 0.29) is 17.5 Å². The first-order valence-corrected chi connectivity index (χ1v) is 9.88. The molecule has 7 heteroatoms. The molecule has 0 unspecified atom stereocenters. The fraction of sp³-hybridized carbons (Fsp3) is 0.476. The molecule has 1 fully saturated rings. The van der Waals surface area contributed by atoms with Crippen LogP contribution in [0.4, 0.5) is 10.2 Å². The maximum Gasteiger partial charge on any atom is 0.220 e. The molecule has 1 aliphatic carbocycles. The van der Waals surface area contributed by atoms with Gasteiger partial charge in [0, 0.05) is 13.0 Å². The van der Waals surface area contributed by atoms with E-state index in [0.717, 1.165) is 12.8 Å². The van der Waals surface area contributed by atoms with E-state index >= 15 is 0 Å². The molecule has 28 heavy (non-hydrogen) atoms. The van der Waals surface area contributed by atoms with Crippen molar-refractivity contribution in [2.75, 3.05) is 12.3 Å². The molecule has 3 N–H and O–H groups in total. The van der Waals surface area contributed by atoms with Gasteiger partial charge < -0.3 is 11.1 Å². The zero-order valence-corrected chi connectivity index (χ0v) is 16.0. The van der Waals surface area contributed by atoms with Crippen molar-refractivity contribution in [3.63, 3.8) is 0 Å². The zero-order valence-electron chi connectivity index (χ0n) is 16.0. The van der Waals surface area contributed by atoms with Crippen molar-refractivity contribution in [1.82, 2.24) is 15.1 Å². The highest BCUT2D eigenvalue weighted by atomic mass is 19.1. The lowest BCUT2D eigenvalue weighted by atomic mass is 9.87. The molecule has 2 aromatic rings. The summed E-state index contributed by atoms with van der Waals surface area (Å²) in [7, 11) is 0. The first kappa shape index (κ1) is 19.9. The van der Waals surface area contributed by atoms with Crippen LogP contribution in [0, 0.1) is 23.1 Å². The second kappa shape index (κ2) is 9.36. The SMILES string of the molecule is N#Cc1c(CCCNC(=O)CC2CCCCC2)nn(-c2ccc(F)cc2)c1N. The number of halogens is 1. The van der Waals surface area contributed by atoms with Crippen molar-refractivity contribution in [2.45, 2.75) is 51.4 Å². The predicted octanol–water partition coefficient (Wildman–Crippen LogP) is 3.48. The Kier molecular flexibility index (Phi) is 6.64. The van der Waals surface area contributed by atoms with Gasteiger partial charge in [-0.3, -0.25) is 4.79 Å². The van der Waals surface area contributed by atoms with Crippen molar-refractivity contribution in [2.24, 2.45) is 5.92 Å². The van der Waals surface area contributed by atoms with Gasteiger partial charge in [0.05, 0.1) is 11.4 Å². The number of benzene rings is 1. The molecule has 0 aliphatic heterocycles. The average molecular weight is 383 g/mol. The molecule has 1 aliphatic rings. The first-order valence-electron chi connectivity index (χ1n) is 9.88. The average Bonchev–Trinajstić information content (AvgIpc) is 3.02. The molecule has 0 spiro atoms. The van der Waals surface area contributed by atoms with Crippen LogP contribution < -0.4 is 11.1 Å². The van der Waals surface area contributed by atoms with Crippen molar-refractivity contribution >= 4 is 11.7 Å². The van der Waals surface area contributed by atoms with E-state index < -0.39 is 0 Å². The Labute approximate surface area is 164 Å². The topological polar surface area (TPSA) is 96.7 Å². The van der Waals surface area contributed by atoms with Crippen LogP contribution in [-0.2, 0) is 11.2 Å². The molecule has 148 valence electrons. The first-order chi connectivity index (χ1) is 13.6. The maximum atomic E-state index is 13.1. The lowest BCUT2D eigenvalue weighted by Gasteiger charge is -2.20. The second-order valence-electron chi connectivity index (χ2n) is 7.37. The summed E-state index contributed by atoms with van der Waals surface area (Å²) in [6, 6.07) is 7.88. The number of aryl methyl sites for hydroxylation is 1. The van der Waals surface area contributed by atoms with E-state index in [1.54, 1.807) is 12.1 Å². The highest BCUT2D eigenvalue weighted by molar-refractivity contribution is 5.76. The summed E-state index contributed by atoms with van der Waals surface area (Å²) in [4.78, 5) is 12.1. The molecule has 1 amide bonds. The van der Waals surface area contributed by atoms with Crippen molar-refractivity contribution < 1.29 is 9.18 Å². The predicted molar refractivity (Wildman–Crippen MR) is 105 cm³/mol. The van der Waals surface area contributed by atoms with Gasteiger partial charge in [-0.05, 0) is 55.9 Å². The highest BCUT2D eigenvalue weighted by Gasteiger charge is 2.18. The minimum absolute atomic E-state index is 0.101. The van der Waals surface area contributed by atoms with Gasteiger partial charge in [0.1, 0.15) is 23.3 Å². The number of anilines is 1. The van der Waals surface area contributed by atoms with Gasteiger partial charge in [-0.25, -0.2) is 9.07 Å². The summed E-state index contributed by atoms with van der Waals surface area (Å²) in [6.45, 7) is 0.541. The molecule has 0 bridgehead atoms. The van der Waals surface area contributed by atoms with Crippen LogP contribution in [-0.4, -0.2) is 22.2 Å². The van der Waals surface area contributed by atoms with Crippen LogP contribution in [0.15, 0.2) is 24.3 Å². The highest BCUT2D eigenvalue weighted by Crippen LogP contribution is 2.26. The fourth-order valence-electron chi connectivity index (χ4n) is 3.76. The number of amides is 1. The molecule has 1 aromatic heterocycles. The maximum absolute atomic E-state index is 13.1. The van der Waals surface area contributed by atoms with E-state index in [1.807, 2.05) is 0 Å². The number of rotatable bonds is 7. The summed E-state index contributed by atoms with van der Waals surface area (Å²) < 4.78 is 14.6. The van der Waals surface area contributed by atoms with Crippen LogP contribution in [0.1, 0.15) is 56.2 Å². The number of aromatic nitrogens is 2. The summed E-state index contributed by atoms with van der Waals surface area (Å²) in [6.07, 6.45) is 7.86. The Hall–Kier alpha value is -2.88.